The van der Waals surface area contributed by atoms with Crippen molar-refractivity contribution < 1.29 is 22.5 Å². The number of esters is 1. The van der Waals surface area contributed by atoms with E-state index in [1.54, 1.807) is 18.2 Å². The van der Waals surface area contributed by atoms with Crippen LogP contribution in [0.2, 0.25) is 0 Å². The molecule has 8 nitrogen and oxygen atoms in total. The Kier molecular flexibility index (Phi) is 5.99. The number of hydrogen-bond acceptors (Lipinski definition) is 8. The summed E-state index contributed by atoms with van der Waals surface area (Å²) < 4.78 is 37.9. The molecular weight excluding hydrogens is 474 g/mol. The van der Waals surface area contributed by atoms with E-state index in [1.807, 2.05) is 41.8 Å². The van der Waals surface area contributed by atoms with E-state index in [2.05, 4.69) is 10.1 Å². The number of sulfonamides is 1. The summed E-state index contributed by atoms with van der Waals surface area (Å²) in [5, 5.41) is 5.70. The Morgan fingerprint density at radius 2 is 1.94 bits per heavy atom. The van der Waals surface area contributed by atoms with E-state index < -0.39 is 16.0 Å². The SMILES string of the molecule is O=C(/C=C/c1ccc(S(=O)(=O)N2CCc3ccccc32)cc1)OCc1noc(-c2cccs2)n1. The van der Waals surface area contributed by atoms with Gasteiger partial charge in [0.05, 0.1) is 15.5 Å². The van der Waals surface area contributed by atoms with Crippen molar-refractivity contribution in [2.45, 2.75) is 17.9 Å². The fourth-order valence-electron chi connectivity index (χ4n) is 3.60. The van der Waals surface area contributed by atoms with Crippen molar-refractivity contribution in [1.82, 2.24) is 10.1 Å². The van der Waals surface area contributed by atoms with Gasteiger partial charge in [0.2, 0.25) is 5.82 Å². The van der Waals surface area contributed by atoms with Crippen LogP contribution in [-0.4, -0.2) is 31.1 Å². The maximum absolute atomic E-state index is 13.1. The number of para-hydroxylation sites is 1. The number of fused-ring (bicyclic) bond motifs is 1. The average molecular weight is 494 g/mol. The quantitative estimate of drug-likeness (QED) is 0.279. The first-order valence-corrected chi connectivity index (χ1v) is 12.7. The van der Waals surface area contributed by atoms with Gasteiger partial charge in [-0.1, -0.05) is 41.6 Å². The molecule has 2 aromatic carbocycles. The number of hydrogen-bond donors (Lipinski definition) is 0. The van der Waals surface area contributed by atoms with Crippen LogP contribution in [0.15, 0.2) is 81.5 Å². The lowest BCUT2D eigenvalue weighted by molar-refractivity contribution is -0.139. The summed E-state index contributed by atoms with van der Waals surface area (Å²) >= 11 is 1.47. The van der Waals surface area contributed by atoms with Gasteiger partial charge in [-0.05, 0) is 53.3 Å². The maximum atomic E-state index is 13.1. The Bertz CT molecular complexity index is 1440. The number of benzene rings is 2. The van der Waals surface area contributed by atoms with Crippen LogP contribution in [0.3, 0.4) is 0 Å². The molecule has 172 valence electrons. The minimum absolute atomic E-state index is 0.119. The lowest BCUT2D eigenvalue weighted by atomic mass is 10.2. The summed E-state index contributed by atoms with van der Waals surface area (Å²) in [6, 6.07) is 17.6. The number of ether oxygens (including phenoxy) is 1. The van der Waals surface area contributed by atoms with E-state index in [4.69, 9.17) is 9.26 Å². The van der Waals surface area contributed by atoms with Gasteiger partial charge in [0.1, 0.15) is 0 Å². The number of carbonyl (C=O) groups excluding carboxylic acids is 1. The third-order valence-corrected chi connectivity index (χ3v) is 7.95. The van der Waals surface area contributed by atoms with Crippen LogP contribution >= 0.6 is 11.3 Å². The molecule has 0 saturated carbocycles. The predicted molar refractivity (Wildman–Crippen MR) is 128 cm³/mol. The first kappa shape index (κ1) is 22.1. The Labute approximate surface area is 200 Å². The largest absolute Gasteiger partial charge is 0.454 e. The van der Waals surface area contributed by atoms with Crippen LogP contribution in [0.1, 0.15) is 17.0 Å². The Hall–Kier alpha value is -3.76. The molecule has 0 radical (unpaired) electrons. The van der Waals surface area contributed by atoms with E-state index >= 15 is 0 Å². The smallest absolute Gasteiger partial charge is 0.331 e. The molecule has 5 rings (SSSR count). The molecule has 2 aromatic heterocycles. The molecule has 0 saturated heterocycles. The van der Waals surface area contributed by atoms with Crippen molar-refractivity contribution >= 4 is 39.1 Å². The zero-order valence-electron chi connectivity index (χ0n) is 17.8. The topological polar surface area (TPSA) is 103 Å². The summed E-state index contributed by atoms with van der Waals surface area (Å²) in [6.45, 7) is 0.302. The van der Waals surface area contributed by atoms with Crippen molar-refractivity contribution in [3.8, 4) is 10.8 Å². The molecule has 0 atom stereocenters. The average Bonchev–Trinajstić information content (AvgIpc) is 3.62. The van der Waals surface area contributed by atoms with E-state index in [9.17, 15) is 13.2 Å². The van der Waals surface area contributed by atoms with Gasteiger partial charge in [-0.3, -0.25) is 4.31 Å². The summed E-state index contributed by atoms with van der Waals surface area (Å²) in [7, 11) is -3.66. The third kappa shape index (κ3) is 4.50. The van der Waals surface area contributed by atoms with E-state index in [-0.39, 0.29) is 17.3 Å². The van der Waals surface area contributed by atoms with E-state index in [0.717, 1.165) is 16.1 Å². The van der Waals surface area contributed by atoms with Crippen molar-refractivity contribution in [3.05, 3.63) is 89.1 Å². The highest BCUT2D eigenvalue weighted by molar-refractivity contribution is 7.92. The molecule has 0 spiro atoms. The van der Waals surface area contributed by atoms with Crippen molar-refractivity contribution in [1.29, 1.82) is 0 Å². The van der Waals surface area contributed by atoms with Crippen molar-refractivity contribution in [2.75, 3.05) is 10.8 Å². The molecule has 1 aliphatic heterocycles. The van der Waals surface area contributed by atoms with Crippen molar-refractivity contribution in [2.24, 2.45) is 0 Å². The van der Waals surface area contributed by atoms with Gasteiger partial charge < -0.3 is 9.26 Å². The van der Waals surface area contributed by atoms with Gasteiger partial charge >= 0.3 is 5.97 Å². The lowest BCUT2D eigenvalue weighted by Crippen LogP contribution is -2.29. The highest BCUT2D eigenvalue weighted by Gasteiger charge is 2.30. The van der Waals surface area contributed by atoms with Crippen LogP contribution in [-0.2, 0) is 32.6 Å². The number of nitrogens with zero attached hydrogens (tertiary/aromatic N) is 3. The second-order valence-electron chi connectivity index (χ2n) is 7.46. The summed E-state index contributed by atoms with van der Waals surface area (Å²) in [4.78, 5) is 17.3. The molecule has 1 aliphatic rings. The van der Waals surface area contributed by atoms with E-state index in [1.165, 1.54) is 33.9 Å². The number of thiophene rings is 1. The van der Waals surface area contributed by atoms with Crippen LogP contribution in [0, 0.1) is 0 Å². The highest BCUT2D eigenvalue weighted by Crippen LogP contribution is 2.32. The molecule has 0 N–H and O–H groups in total. The van der Waals surface area contributed by atoms with Crippen molar-refractivity contribution in [3.63, 3.8) is 0 Å². The minimum atomic E-state index is -3.66. The third-order valence-electron chi connectivity index (χ3n) is 5.27. The number of carbonyl (C=O) groups is 1. The molecule has 34 heavy (non-hydrogen) atoms. The van der Waals surface area contributed by atoms with E-state index in [0.29, 0.717) is 24.4 Å². The van der Waals surface area contributed by atoms with Crippen LogP contribution < -0.4 is 4.31 Å². The monoisotopic (exact) mass is 493 g/mol. The maximum Gasteiger partial charge on any atom is 0.331 e. The fraction of sp³-hybridized carbons (Fsp3) is 0.125. The first-order chi connectivity index (χ1) is 16.5. The van der Waals surface area contributed by atoms with Gasteiger partial charge in [-0.2, -0.15) is 4.98 Å². The first-order valence-electron chi connectivity index (χ1n) is 10.4. The second-order valence-corrected chi connectivity index (χ2v) is 10.3. The van der Waals surface area contributed by atoms with Crippen LogP contribution in [0.4, 0.5) is 5.69 Å². The molecule has 0 amide bonds. The van der Waals surface area contributed by atoms with Gasteiger partial charge in [0.15, 0.2) is 6.61 Å². The second kappa shape index (κ2) is 9.24. The van der Waals surface area contributed by atoms with Gasteiger partial charge in [-0.15, -0.1) is 11.3 Å². The standard InChI is InChI=1S/C24H19N3O5S2/c28-23(31-16-22-25-24(32-26-22)21-6-3-15-33-21)12-9-17-7-10-19(11-8-17)34(29,30)27-14-13-18-4-1-2-5-20(18)27/h1-12,15H,13-14,16H2/b12-9+. The van der Waals surface area contributed by atoms with Gasteiger partial charge in [0, 0.05) is 12.6 Å². The molecule has 0 bridgehead atoms. The molecule has 0 unspecified atom stereocenters. The normalized spacial score (nSPS) is 13.4. The Balaban J connectivity index is 1.19. The molecule has 4 aromatic rings. The van der Waals surface area contributed by atoms with Gasteiger partial charge in [0.25, 0.3) is 15.9 Å². The molecule has 10 heteroatoms. The summed E-state index contributed by atoms with van der Waals surface area (Å²) in [5.74, 6) is 0.0695. The minimum Gasteiger partial charge on any atom is -0.454 e. The highest BCUT2D eigenvalue weighted by atomic mass is 32.2. The number of rotatable bonds is 7. The summed E-state index contributed by atoms with van der Waals surface area (Å²) in [6.07, 6.45) is 3.51. The number of anilines is 1. The molecule has 3 heterocycles. The zero-order chi connectivity index (χ0) is 23.5. The lowest BCUT2D eigenvalue weighted by Gasteiger charge is -2.19. The Morgan fingerprint density at radius 3 is 2.74 bits per heavy atom. The van der Waals surface area contributed by atoms with Gasteiger partial charge in [-0.25, -0.2) is 13.2 Å². The fourth-order valence-corrected chi connectivity index (χ4v) is 5.74. The molecule has 0 aliphatic carbocycles. The Morgan fingerprint density at radius 1 is 1.12 bits per heavy atom. The number of aromatic nitrogens is 2. The predicted octanol–water partition coefficient (Wildman–Crippen LogP) is 4.31. The molecule has 0 fully saturated rings. The molecular formula is C24H19N3O5S2. The van der Waals surface area contributed by atoms with Crippen LogP contribution in [0.5, 0.6) is 0 Å². The van der Waals surface area contributed by atoms with Crippen LogP contribution in [0.25, 0.3) is 16.8 Å². The summed E-state index contributed by atoms with van der Waals surface area (Å²) in [5.41, 5.74) is 2.41. The zero-order valence-corrected chi connectivity index (χ0v) is 19.5.